The molecule has 0 unspecified atom stereocenters. The molecule has 7 heteroatoms. The molecular formula is C20H16N4O2S. The second-order valence-corrected chi connectivity index (χ2v) is 7.68. The van der Waals surface area contributed by atoms with Crippen LogP contribution < -0.4 is 4.72 Å². The van der Waals surface area contributed by atoms with Gasteiger partial charge in [0, 0.05) is 42.3 Å². The van der Waals surface area contributed by atoms with E-state index in [1.807, 2.05) is 30.3 Å². The third-order valence-electron chi connectivity index (χ3n) is 4.13. The number of hydrogen-bond donors (Lipinski definition) is 1. The van der Waals surface area contributed by atoms with Crippen molar-refractivity contribution < 1.29 is 8.42 Å². The Morgan fingerprint density at radius 3 is 2.59 bits per heavy atom. The molecule has 3 heterocycles. The zero-order valence-electron chi connectivity index (χ0n) is 14.3. The molecule has 0 saturated carbocycles. The number of nitrogens with one attached hydrogen (secondary N) is 1. The molecule has 0 aliphatic heterocycles. The van der Waals surface area contributed by atoms with Crippen LogP contribution in [0, 0.1) is 0 Å². The van der Waals surface area contributed by atoms with E-state index in [4.69, 9.17) is 0 Å². The van der Waals surface area contributed by atoms with Gasteiger partial charge in [0.15, 0.2) is 0 Å². The fourth-order valence-electron chi connectivity index (χ4n) is 2.81. The van der Waals surface area contributed by atoms with E-state index in [1.165, 1.54) is 0 Å². The van der Waals surface area contributed by atoms with Gasteiger partial charge in [0.05, 0.1) is 11.2 Å². The maximum atomic E-state index is 12.8. The van der Waals surface area contributed by atoms with E-state index in [1.54, 1.807) is 49.1 Å². The summed E-state index contributed by atoms with van der Waals surface area (Å²) >= 11 is 0. The zero-order chi connectivity index (χ0) is 18.7. The Morgan fingerprint density at radius 2 is 1.74 bits per heavy atom. The highest BCUT2D eigenvalue weighted by Crippen LogP contribution is 2.21. The molecule has 0 aliphatic rings. The highest BCUT2D eigenvalue weighted by Gasteiger charge is 2.17. The van der Waals surface area contributed by atoms with Crippen LogP contribution in [0.2, 0.25) is 0 Å². The van der Waals surface area contributed by atoms with Crippen molar-refractivity contribution in [1.29, 1.82) is 0 Å². The van der Waals surface area contributed by atoms with E-state index in [-0.39, 0.29) is 11.4 Å². The Balaban J connectivity index is 1.60. The van der Waals surface area contributed by atoms with E-state index in [9.17, 15) is 8.42 Å². The average molecular weight is 376 g/mol. The topological polar surface area (TPSA) is 84.8 Å². The molecule has 4 rings (SSSR count). The highest BCUT2D eigenvalue weighted by molar-refractivity contribution is 7.89. The van der Waals surface area contributed by atoms with Crippen molar-refractivity contribution in [3.63, 3.8) is 0 Å². The fraction of sp³-hybridized carbons (Fsp3) is 0.0500. The first-order valence-corrected chi connectivity index (χ1v) is 9.80. The summed E-state index contributed by atoms with van der Waals surface area (Å²) in [6.45, 7) is 0.154. The van der Waals surface area contributed by atoms with Crippen LogP contribution in [0.15, 0.2) is 84.3 Å². The van der Waals surface area contributed by atoms with Gasteiger partial charge >= 0.3 is 0 Å². The predicted molar refractivity (Wildman–Crippen MR) is 103 cm³/mol. The number of hydrogen-bond acceptors (Lipinski definition) is 5. The summed E-state index contributed by atoms with van der Waals surface area (Å²) in [6, 6.07) is 16.1. The Kier molecular flexibility index (Phi) is 4.62. The van der Waals surface area contributed by atoms with E-state index in [2.05, 4.69) is 19.7 Å². The van der Waals surface area contributed by atoms with Crippen molar-refractivity contribution in [3.8, 4) is 11.3 Å². The molecule has 0 fully saturated rings. The molecule has 0 bridgehead atoms. The van der Waals surface area contributed by atoms with E-state index < -0.39 is 10.0 Å². The number of sulfonamides is 1. The lowest BCUT2D eigenvalue weighted by molar-refractivity contribution is 0.582. The monoisotopic (exact) mass is 376 g/mol. The van der Waals surface area contributed by atoms with Crippen molar-refractivity contribution in [2.75, 3.05) is 0 Å². The number of para-hydroxylation sites is 1. The van der Waals surface area contributed by atoms with Gasteiger partial charge in [-0.3, -0.25) is 15.0 Å². The van der Waals surface area contributed by atoms with Crippen molar-refractivity contribution in [2.45, 2.75) is 11.4 Å². The molecule has 4 aromatic rings. The Morgan fingerprint density at radius 1 is 0.889 bits per heavy atom. The van der Waals surface area contributed by atoms with Crippen LogP contribution in [0.25, 0.3) is 22.2 Å². The molecule has 3 aromatic heterocycles. The van der Waals surface area contributed by atoms with Crippen LogP contribution in [0.3, 0.4) is 0 Å². The number of nitrogens with zero attached hydrogens (tertiary/aromatic N) is 3. The van der Waals surface area contributed by atoms with Crippen LogP contribution in [-0.4, -0.2) is 23.4 Å². The molecule has 0 atom stereocenters. The van der Waals surface area contributed by atoms with E-state index in [0.29, 0.717) is 5.52 Å². The van der Waals surface area contributed by atoms with Crippen LogP contribution in [0.5, 0.6) is 0 Å². The first kappa shape index (κ1) is 17.3. The lowest BCUT2D eigenvalue weighted by atomic mass is 10.1. The molecule has 6 nitrogen and oxygen atoms in total. The van der Waals surface area contributed by atoms with Gasteiger partial charge in [0.25, 0.3) is 0 Å². The lowest BCUT2D eigenvalue weighted by Crippen LogP contribution is -2.23. The van der Waals surface area contributed by atoms with Crippen molar-refractivity contribution in [2.24, 2.45) is 0 Å². The van der Waals surface area contributed by atoms with Gasteiger partial charge in [-0.25, -0.2) is 13.1 Å². The number of pyridine rings is 3. The SMILES string of the molecule is O=S(=O)(NCc1ccnc(-c2cccnc2)c1)c1cccc2cccnc12. The minimum absolute atomic E-state index is 0.154. The summed E-state index contributed by atoms with van der Waals surface area (Å²) in [6.07, 6.45) is 6.66. The van der Waals surface area contributed by atoms with Gasteiger partial charge in [-0.1, -0.05) is 18.2 Å². The molecule has 134 valence electrons. The third-order valence-corrected chi connectivity index (χ3v) is 5.57. The maximum absolute atomic E-state index is 12.8. The summed E-state index contributed by atoms with van der Waals surface area (Å²) in [5, 5.41) is 0.781. The van der Waals surface area contributed by atoms with Crippen LogP contribution in [0.1, 0.15) is 5.56 Å². The fourth-order valence-corrected chi connectivity index (χ4v) is 4.00. The summed E-state index contributed by atoms with van der Waals surface area (Å²) in [7, 11) is -3.71. The zero-order valence-corrected chi connectivity index (χ0v) is 15.1. The number of fused-ring (bicyclic) bond motifs is 1. The minimum atomic E-state index is -3.71. The molecule has 0 radical (unpaired) electrons. The normalized spacial score (nSPS) is 11.6. The molecular weight excluding hydrogens is 360 g/mol. The third kappa shape index (κ3) is 3.69. The number of benzene rings is 1. The van der Waals surface area contributed by atoms with Crippen molar-refractivity contribution in [1.82, 2.24) is 19.7 Å². The summed E-state index contributed by atoms with van der Waals surface area (Å²) < 4.78 is 28.2. The molecule has 0 amide bonds. The quantitative estimate of drug-likeness (QED) is 0.578. The van der Waals surface area contributed by atoms with Gasteiger partial charge in [-0.15, -0.1) is 0 Å². The predicted octanol–water partition coefficient (Wildman–Crippen LogP) is 3.17. The first-order chi connectivity index (χ1) is 13.1. The Bertz CT molecular complexity index is 1190. The van der Waals surface area contributed by atoms with Gasteiger partial charge in [0.2, 0.25) is 10.0 Å². The number of aromatic nitrogens is 3. The molecule has 0 spiro atoms. The highest BCUT2D eigenvalue weighted by atomic mass is 32.2. The molecule has 1 N–H and O–H groups in total. The smallest absolute Gasteiger partial charge is 0.243 e. The first-order valence-electron chi connectivity index (χ1n) is 8.32. The second kappa shape index (κ2) is 7.22. The van der Waals surface area contributed by atoms with Crippen LogP contribution in [-0.2, 0) is 16.6 Å². The summed E-state index contributed by atoms with van der Waals surface area (Å²) in [5.74, 6) is 0. The average Bonchev–Trinajstić information content (AvgIpc) is 2.73. The summed E-state index contributed by atoms with van der Waals surface area (Å²) in [4.78, 5) is 12.8. The van der Waals surface area contributed by atoms with Crippen LogP contribution >= 0.6 is 0 Å². The molecule has 0 saturated heterocycles. The second-order valence-electron chi connectivity index (χ2n) is 5.95. The standard InChI is InChI=1S/C20H16N4O2S/c25-27(26,19-7-1-4-16-5-3-10-23-20(16)19)24-13-15-8-11-22-18(12-15)17-6-2-9-21-14-17/h1-12,14,24H,13H2. The van der Waals surface area contributed by atoms with Gasteiger partial charge < -0.3 is 0 Å². The maximum Gasteiger partial charge on any atom is 0.243 e. The van der Waals surface area contributed by atoms with Gasteiger partial charge in [-0.2, -0.15) is 0 Å². The Labute approximate surface area is 157 Å². The van der Waals surface area contributed by atoms with Crippen LogP contribution in [0.4, 0.5) is 0 Å². The van der Waals surface area contributed by atoms with Crippen molar-refractivity contribution in [3.05, 3.63) is 84.9 Å². The number of rotatable bonds is 5. The summed E-state index contributed by atoms with van der Waals surface area (Å²) in [5.41, 5.74) is 2.88. The molecule has 27 heavy (non-hydrogen) atoms. The van der Waals surface area contributed by atoms with Gasteiger partial charge in [0.1, 0.15) is 4.90 Å². The van der Waals surface area contributed by atoms with Gasteiger partial charge in [-0.05, 0) is 42.0 Å². The van der Waals surface area contributed by atoms with E-state index >= 15 is 0 Å². The lowest BCUT2D eigenvalue weighted by Gasteiger charge is -2.10. The Hall–Kier alpha value is -3.16. The molecule has 0 aliphatic carbocycles. The van der Waals surface area contributed by atoms with Crippen molar-refractivity contribution >= 4 is 20.9 Å². The molecule has 1 aromatic carbocycles. The van der Waals surface area contributed by atoms with E-state index in [0.717, 1.165) is 22.2 Å². The largest absolute Gasteiger partial charge is 0.264 e. The minimum Gasteiger partial charge on any atom is -0.264 e.